The lowest BCUT2D eigenvalue weighted by Gasteiger charge is -2.22. The van der Waals surface area contributed by atoms with Gasteiger partial charge in [0.05, 0.1) is 6.04 Å². The fourth-order valence-electron chi connectivity index (χ4n) is 2.54. The monoisotopic (exact) mass is 310 g/mol. The SMILES string of the molecule is CC(NC1CCc2c(Br)cccc21)C(=O)N(C)C. The van der Waals surface area contributed by atoms with Crippen LogP contribution in [0.1, 0.15) is 30.5 Å². The molecule has 1 aliphatic carbocycles. The van der Waals surface area contributed by atoms with Crippen molar-refractivity contribution in [3.8, 4) is 0 Å². The Hall–Kier alpha value is -0.870. The number of amides is 1. The summed E-state index contributed by atoms with van der Waals surface area (Å²) >= 11 is 3.59. The first-order valence-electron chi connectivity index (χ1n) is 6.25. The third-order valence-corrected chi connectivity index (χ3v) is 4.22. The van der Waals surface area contributed by atoms with E-state index < -0.39 is 0 Å². The van der Waals surface area contributed by atoms with E-state index in [2.05, 4.69) is 39.4 Å². The Kier molecular flexibility index (Phi) is 4.07. The van der Waals surface area contributed by atoms with E-state index in [-0.39, 0.29) is 18.0 Å². The van der Waals surface area contributed by atoms with Gasteiger partial charge >= 0.3 is 0 Å². The summed E-state index contributed by atoms with van der Waals surface area (Å²) in [4.78, 5) is 13.5. The van der Waals surface area contributed by atoms with Crippen LogP contribution in [0, 0.1) is 0 Å². The maximum Gasteiger partial charge on any atom is 0.238 e. The lowest BCUT2D eigenvalue weighted by Crippen LogP contribution is -2.42. The van der Waals surface area contributed by atoms with Crippen LogP contribution >= 0.6 is 15.9 Å². The van der Waals surface area contributed by atoms with Crippen LogP contribution in [0.3, 0.4) is 0 Å². The molecule has 0 radical (unpaired) electrons. The number of nitrogens with zero attached hydrogens (tertiary/aromatic N) is 1. The summed E-state index contributed by atoms with van der Waals surface area (Å²) in [5, 5.41) is 3.43. The zero-order chi connectivity index (χ0) is 13.3. The smallest absolute Gasteiger partial charge is 0.238 e. The largest absolute Gasteiger partial charge is 0.347 e. The summed E-state index contributed by atoms with van der Waals surface area (Å²) < 4.78 is 1.18. The van der Waals surface area contributed by atoms with Gasteiger partial charge in [0.1, 0.15) is 0 Å². The highest BCUT2D eigenvalue weighted by molar-refractivity contribution is 9.10. The van der Waals surface area contributed by atoms with Gasteiger partial charge in [-0.05, 0) is 37.0 Å². The molecule has 0 fully saturated rings. The van der Waals surface area contributed by atoms with E-state index in [1.165, 1.54) is 15.6 Å². The van der Waals surface area contributed by atoms with Crippen molar-refractivity contribution in [2.75, 3.05) is 14.1 Å². The van der Waals surface area contributed by atoms with E-state index in [1.807, 2.05) is 6.92 Å². The number of hydrogen-bond acceptors (Lipinski definition) is 2. The van der Waals surface area contributed by atoms with Crippen LogP contribution in [0.5, 0.6) is 0 Å². The van der Waals surface area contributed by atoms with E-state index in [1.54, 1.807) is 19.0 Å². The second-order valence-corrected chi connectivity index (χ2v) is 5.87. The van der Waals surface area contributed by atoms with Crippen LogP contribution in [0.2, 0.25) is 0 Å². The van der Waals surface area contributed by atoms with Crippen molar-refractivity contribution in [1.82, 2.24) is 10.2 Å². The van der Waals surface area contributed by atoms with Gasteiger partial charge in [-0.2, -0.15) is 0 Å². The predicted molar refractivity (Wildman–Crippen MR) is 76.5 cm³/mol. The topological polar surface area (TPSA) is 32.3 Å². The molecule has 0 saturated heterocycles. The highest BCUT2D eigenvalue weighted by Gasteiger charge is 2.27. The number of halogens is 1. The zero-order valence-electron chi connectivity index (χ0n) is 11.0. The van der Waals surface area contributed by atoms with Gasteiger partial charge in [-0.1, -0.05) is 28.1 Å². The molecule has 2 rings (SSSR count). The Balaban J connectivity index is 2.11. The van der Waals surface area contributed by atoms with Crippen molar-refractivity contribution in [3.63, 3.8) is 0 Å². The number of benzene rings is 1. The number of likely N-dealkylation sites (N-methyl/N-ethyl adjacent to an activating group) is 1. The summed E-state index contributed by atoms with van der Waals surface area (Å²) in [6.07, 6.45) is 2.13. The predicted octanol–water partition coefficient (Wildman–Crippen LogP) is 2.50. The minimum Gasteiger partial charge on any atom is -0.347 e. The molecular formula is C14H19BrN2O. The Morgan fingerprint density at radius 2 is 2.22 bits per heavy atom. The molecule has 0 aliphatic heterocycles. The fourth-order valence-corrected chi connectivity index (χ4v) is 3.12. The number of carbonyl (C=O) groups is 1. The average Bonchev–Trinajstić information content (AvgIpc) is 2.73. The van der Waals surface area contributed by atoms with Crippen molar-refractivity contribution in [2.45, 2.75) is 31.8 Å². The fraction of sp³-hybridized carbons (Fsp3) is 0.500. The lowest BCUT2D eigenvalue weighted by atomic mass is 10.1. The summed E-state index contributed by atoms with van der Waals surface area (Å²) in [6.45, 7) is 1.93. The first-order chi connectivity index (χ1) is 8.50. The molecule has 2 atom stereocenters. The van der Waals surface area contributed by atoms with E-state index in [9.17, 15) is 4.79 Å². The Labute approximate surface area is 117 Å². The quantitative estimate of drug-likeness (QED) is 0.930. The van der Waals surface area contributed by atoms with E-state index in [0.29, 0.717) is 0 Å². The molecule has 1 aliphatic rings. The molecule has 2 unspecified atom stereocenters. The molecule has 0 aromatic heterocycles. The highest BCUT2D eigenvalue weighted by Crippen LogP contribution is 2.35. The van der Waals surface area contributed by atoms with Crippen molar-refractivity contribution >= 4 is 21.8 Å². The summed E-state index contributed by atoms with van der Waals surface area (Å²) in [5.74, 6) is 0.124. The van der Waals surface area contributed by atoms with Crippen LogP contribution in [-0.4, -0.2) is 30.9 Å². The molecule has 1 amide bonds. The molecule has 98 valence electrons. The molecule has 0 saturated carbocycles. The molecule has 1 aromatic rings. The van der Waals surface area contributed by atoms with Crippen LogP contribution in [0.25, 0.3) is 0 Å². The molecule has 1 N–H and O–H groups in total. The maximum atomic E-state index is 11.9. The normalized spacial score (nSPS) is 19.4. The van der Waals surface area contributed by atoms with Gasteiger partial charge in [-0.25, -0.2) is 0 Å². The van der Waals surface area contributed by atoms with Crippen LogP contribution in [0.4, 0.5) is 0 Å². The van der Waals surface area contributed by atoms with E-state index >= 15 is 0 Å². The van der Waals surface area contributed by atoms with E-state index in [4.69, 9.17) is 0 Å². The molecule has 0 bridgehead atoms. The second kappa shape index (κ2) is 5.41. The molecule has 0 heterocycles. The second-order valence-electron chi connectivity index (χ2n) is 5.02. The number of fused-ring (bicyclic) bond motifs is 1. The number of carbonyl (C=O) groups excluding carboxylic acids is 1. The van der Waals surface area contributed by atoms with Crippen molar-refractivity contribution in [3.05, 3.63) is 33.8 Å². The van der Waals surface area contributed by atoms with Gasteiger partial charge in [-0.15, -0.1) is 0 Å². The summed E-state index contributed by atoms with van der Waals surface area (Å²) in [7, 11) is 3.58. The minimum absolute atomic E-state index is 0.124. The first-order valence-corrected chi connectivity index (χ1v) is 7.04. The molecule has 3 nitrogen and oxygen atoms in total. The zero-order valence-corrected chi connectivity index (χ0v) is 12.6. The van der Waals surface area contributed by atoms with Gasteiger partial charge in [0.15, 0.2) is 0 Å². The summed E-state index contributed by atoms with van der Waals surface area (Å²) in [6, 6.07) is 6.43. The Bertz CT molecular complexity index is 459. The first kappa shape index (κ1) is 13.6. The molecule has 4 heteroatoms. The lowest BCUT2D eigenvalue weighted by molar-refractivity contribution is -0.130. The van der Waals surface area contributed by atoms with Crippen molar-refractivity contribution in [1.29, 1.82) is 0 Å². The highest BCUT2D eigenvalue weighted by atomic mass is 79.9. The van der Waals surface area contributed by atoms with Gasteiger partial charge in [0.2, 0.25) is 5.91 Å². The van der Waals surface area contributed by atoms with E-state index in [0.717, 1.165) is 12.8 Å². The van der Waals surface area contributed by atoms with Crippen LogP contribution in [0.15, 0.2) is 22.7 Å². The standard InChI is InChI=1S/C14H19BrN2O/c1-9(14(18)17(2)3)16-13-8-7-10-11(13)5-4-6-12(10)15/h4-6,9,13,16H,7-8H2,1-3H3. The van der Waals surface area contributed by atoms with Crippen molar-refractivity contribution < 1.29 is 4.79 Å². The van der Waals surface area contributed by atoms with Gasteiger partial charge in [0.25, 0.3) is 0 Å². The molecule has 1 aromatic carbocycles. The van der Waals surface area contributed by atoms with Crippen molar-refractivity contribution in [2.24, 2.45) is 0 Å². The van der Waals surface area contributed by atoms with Gasteiger partial charge < -0.3 is 4.90 Å². The number of rotatable bonds is 3. The Morgan fingerprint density at radius 3 is 2.89 bits per heavy atom. The van der Waals surface area contributed by atoms with Gasteiger partial charge in [-0.3, -0.25) is 10.1 Å². The molecular weight excluding hydrogens is 292 g/mol. The number of nitrogens with one attached hydrogen (secondary N) is 1. The van der Waals surface area contributed by atoms with Crippen LogP contribution in [-0.2, 0) is 11.2 Å². The summed E-state index contributed by atoms with van der Waals surface area (Å²) in [5.41, 5.74) is 2.70. The molecule has 0 spiro atoms. The minimum atomic E-state index is -0.144. The Morgan fingerprint density at radius 1 is 1.50 bits per heavy atom. The maximum absolute atomic E-state index is 11.9. The van der Waals surface area contributed by atoms with Gasteiger partial charge in [0, 0.05) is 24.6 Å². The van der Waals surface area contributed by atoms with Crippen LogP contribution < -0.4 is 5.32 Å². The third kappa shape index (κ3) is 2.59. The number of hydrogen-bond donors (Lipinski definition) is 1. The molecule has 18 heavy (non-hydrogen) atoms. The average molecular weight is 311 g/mol. The third-order valence-electron chi connectivity index (χ3n) is 3.48.